The zero-order chi connectivity index (χ0) is 18.7. The first-order valence-corrected chi connectivity index (χ1v) is 7.81. The predicted molar refractivity (Wildman–Crippen MR) is 94.9 cm³/mol. The number of methoxy groups -OCH3 is 1. The van der Waals surface area contributed by atoms with Gasteiger partial charge in [0.2, 0.25) is 0 Å². The lowest BCUT2D eigenvalue weighted by Crippen LogP contribution is -2.15. The fourth-order valence-electron chi connectivity index (χ4n) is 2.35. The molecule has 0 saturated heterocycles. The fraction of sp³-hybridized carbons (Fsp3) is 0.0556. The number of nitrogens with one attached hydrogen (secondary N) is 1. The number of benzene rings is 2. The van der Waals surface area contributed by atoms with Gasteiger partial charge in [0.05, 0.1) is 23.9 Å². The number of para-hydroxylation sites is 1. The van der Waals surface area contributed by atoms with E-state index in [4.69, 9.17) is 20.9 Å². The van der Waals surface area contributed by atoms with Crippen molar-refractivity contribution in [3.63, 3.8) is 0 Å². The molecule has 0 spiro atoms. The first kappa shape index (κ1) is 17.5. The maximum atomic E-state index is 12.4. The topological polar surface area (TPSA) is 102 Å². The van der Waals surface area contributed by atoms with Gasteiger partial charge >= 0.3 is 5.97 Å². The van der Waals surface area contributed by atoms with E-state index in [0.717, 1.165) is 0 Å². The van der Waals surface area contributed by atoms with E-state index in [1.54, 1.807) is 24.3 Å². The maximum Gasteiger partial charge on any atom is 0.337 e. The molecule has 0 atom stereocenters. The Kier molecular flexibility index (Phi) is 4.90. The van der Waals surface area contributed by atoms with Crippen LogP contribution in [0.5, 0.6) is 5.75 Å². The Balaban J connectivity index is 1.87. The summed E-state index contributed by atoms with van der Waals surface area (Å²) in [6.07, 6.45) is 0. The van der Waals surface area contributed by atoms with Crippen LogP contribution in [0.25, 0.3) is 11.3 Å². The number of anilines is 1. The molecule has 1 heterocycles. The van der Waals surface area contributed by atoms with Crippen molar-refractivity contribution < 1.29 is 24.0 Å². The average Bonchev–Trinajstić information content (AvgIpc) is 3.13. The van der Waals surface area contributed by atoms with Gasteiger partial charge in [-0.1, -0.05) is 28.9 Å². The molecule has 26 heavy (non-hydrogen) atoms. The molecule has 0 radical (unpaired) electrons. The molecule has 8 heteroatoms. The van der Waals surface area contributed by atoms with Crippen LogP contribution in [0.4, 0.5) is 5.69 Å². The number of carbonyl (C=O) groups is 2. The smallest absolute Gasteiger partial charge is 0.337 e. The molecular weight excluding hydrogens is 360 g/mol. The summed E-state index contributed by atoms with van der Waals surface area (Å²) in [6, 6.07) is 12.7. The van der Waals surface area contributed by atoms with Crippen LogP contribution in [0.3, 0.4) is 0 Å². The van der Waals surface area contributed by atoms with Crippen LogP contribution in [-0.4, -0.2) is 29.2 Å². The van der Waals surface area contributed by atoms with Gasteiger partial charge in [0.1, 0.15) is 5.75 Å². The average molecular weight is 373 g/mol. The molecule has 0 aliphatic heterocycles. The predicted octanol–water partition coefficient (Wildman–Crippen LogP) is 3.95. The van der Waals surface area contributed by atoms with Gasteiger partial charge in [-0.25, -0.2) is 4.79 Å². The highest BCUT2D eigenvalue weighted by Crippen LogP contribution is 2.30. The summed E-state index contributed by atoms with van der Waals surface area (Å²) in [6.45, 7) is 0. The number of nitrogens with zero attached hydrogens (tertiary/aromatic N) is 1. The van der Waals surface area contributed by atoms with Crippen LogP contribution in [0.15, 0.2) is 53.1 Å². The summed E-state index contributed by atoms with van der Waals surface area (Å²) in [5.74, 6) is -0.902. The van der Waals surface area contributed by atoms with E-state index in [9.17, 15) is 14.7 Å². The van der Waals surface area contributed by atoms with Crippen LogP contribution in [-0.2, 0) is 0 Å². The standard InChI is InChI=1S/C18H13ClN2O5/c1-25-15-5-3-2-4-11(15)16-9-14(21-26-16)17(22)20-13-7-6-10(19)8-12(13)18(23)24/h2-9H,1H3,(H,20,22)(H,23,24). The van der Waals surface area contributed by atoms with Gasteiger partial charge in [-0.2, -0.15) is 0 Å². The van der Waals surface area contributed by atoms with E-state index in [-0.39, 0.29) is 22.0 Å². The van der Waals surface area contributed by atoms with E-state index in [1.807, 2.05) is 0 Å². The second-order valence-corrected chi connectivity index (χ2v) is 5.66. The highest BCUT2D eigenvalue weighted by Gasteiger charge is 2.19. The monoisotopic (exact) mass is 372 g/mol. The van der Waals surface area contributed by atoms with Crippen molar-refractivity contribution in [2.45, 2.75) is 0 Å². The van der Waals surface area contributed by atoms with E-state index < -0.39 is 11.9 Å². The van der Waals surface area contributed by atoms with Crippen LogP contribution in [0.1, 0.15) is 20.8 Å². The number of hydrogen-bond acceptors (Lipinski definition) is 5. The van der Waals surface area contributed by atoms with Crippen molar-refractivity contribution in [3.8, 4) is 17.1 Å². The molecule has 3 rings (SSSR count). The normalized spacial score (nSPS) is 10.4. The number of amides is 1. The maximum absolute atomic E-state index is 12.4. The molecule has 2 aromatic carbocycles. The number of carboxylic acids is 1. The third-order valence-corrected chi connectivity index (χ3v) is 3.81. The SMILES string of the molecule is COc1ccccc1-c1cc(C(=O)Nc2ccc(Cl)cc2C(=O)O)no1. The Morgan fingerprint density at radius 1 is 1.19 bits per heavy atom. The van der Waals surface area contributed by atoms with E-state index in [1.165, 1.54) is 31.4 Å². The van der Waals surface area contributed by atoms with Crippen molar-refractivity contribution in [1.29, 1.82) is 0 Å². The lowest BCUT2D eigenvalue weighted by Gasteiger charge is -2.07. The molecule has 1 aromatic heterocycles. The van der Waals surface area contributed by atoms with E-state index in [0.29, 0.717) is 17.1 Å². The molecule has 0 saturated carbocycles. The number of carboxylic acid groups (broad SMARTS) is 1. The van der Waals surface area contributed by atoms with Gasteiger partial charge in [-0.05, 0) is 30.3 Å². The quantitative estimate of drug-likeness (QED) is 0.703. The zero-order valence-corrected chi connectivity index (χ0v) is 14.3. The van der Waals surface area contributed by atoms with Gasteiger partial charge in [0.25, 0.3) is 5.91 Å². The summed E-state index contributed by atoms with van der Waals surface area (Å²) in [4.78, 5) is 23.7. The summed E-state index contributed by atoms with van der Waals surface area (Å²) >= 11 is 5.80. The second kappa shape index (κ2) is 7.28. The molecule has 0 bridgehead atoms. The van der Waals surface area contributed by atoms with Gasteiger partial charge in [-0.15, -0.1) is 0 Å². The summed E-state index contributed by atoms with van der Waals surface area (Å²) < 4.78 is 10.5. The Hall–Kier alpha value is -3.32. The Labute approximate surface area is 153 Å². The van der Waals surface area contributed by atoms with Crippen LogP contribution in [0, 0.1) is 0 Å². The minimum Gasteiger partial charge on any atom is -0.496 e. The number of aromatic carboxylic acids is 1. The molecule has 0 unspecified atom stereocenters. The van der Waals surface area contributed by atoms with Crippen molar-refractivity contribution in [2.24, 2.45) is 0 Å². The number of carbonyl (C=O) groups excluding carboxylic acids is 1. The molecular formula is C18H13ClN2O5. The minimum absolute atomic E-state index is 0.00260. The molecule has 1 amide bonds. The van der Waals surface area contributed by atoms with Crippen molar-refractivity contribution in [3.05, 3.63) is 64.8 Å². The molecule has 0 fully saturated rings. The molecule has 0 aliphatic rings. The summed E-state index contributed by atoms with van der Waals surface area (Å²) in [7, 11) is 1.52. The lowest BCUT2D eigenvalue weighted by atomic mass is 10.1. The molecule has 0 aliphatic carbocycles. The molecule has 2 N–H and O–H groups in total. The number of halogens is 1. The number of aromatic nitrogens is 1. The third kappa shape index (κ3) is 3.52. The molecule has 3 aromatic rings. The van der Waals surface area contributed by atoms with Gasteiger partial charge in [0, 0.05) is 11.1 Å². The van der Waals surface area contributed by atoms with E-state index in [2.05, 4.69) is 10.5 Å². The zero-order valence-electron chi connectivity index (χ0n) is 13.5. The van der Waals surface area contributed by atoms with Crippen molar-refractivity contribution in [2.75, 3.05) is 12.4 Å². The van der Waals surface area contributed by atoms with Crippen molar-refractivity contribution >= 4 is 29.2 Å². The summed E-state index contributed by atoms with van der Waals surface area (Å²) in [5.41, 5.74) is 0.615. The van der Waals surface area contributed by atoms with Gasteiger partial charge in [-0.3, -0.25) is 4.79 Å². The third-order valence-electron chi connectivity index (χ3n) is 3.58. The van der Waals surface area contributed by atoms with Crippen LogP contribution in [0.2, 0.25) is 5.02 Å². The number of ether oxygens (including phenoxy) is 1. The Morgan fingerprint density at radius 2 is 1.96 bits per heavy atom. The van der Waals surface area contributed by atoms with Gasteiger partial charge < -0.3 is 19.7 Å². The molecule has 7 nitrogen and oxygen atoms in total. The minimum atomic E-state index is -1.21. The van der Waals surface area contributed by atoms with Crippen LogP contribution >= 0.6 is 11.6 Å². The second-order valence-electron chi connectivity index (χ2n) is 5.23. The highest BCUT2D eigenvalue weighted by atomic mass is 35.5. The lowest BCUT2D eigenvalue weighted by molar-refractivity contribution is 0.0698. The summed E-state index contributed by atoms with van der Waals surface area (Å²) in [5, 5.41) is 15.7. The largest absolute Gasteiger partial charge is 0.496 e. The van der Waals surface area contributed by atoms with Gasteiger partial charge in [0.15, 0.2) is 11.5 Å². The first-order chi connectivity index (χ1) is 12.5. The highest BCUT2D eigenvalue weighted by molar-refractivity contribution is 6.31. The molecule has 132 valence electrons. The number of hydrogen-bond donors (Lipinski definition) is 2. The first-order valence-electron chi connectivity index (χ1n) is 7.44. The van der Waals surface area contributed by atoms with Crippen LogP contribution < -0.4 is 10.1 Å². The Morgan fingerprint density at radius 3 is 2.69 bits per heavy atom. The number of rotatable bonds is 5. The van der Waals surface area contributed by atoms with E-state index >= 15 is 0 Å². The Bertz CT molecular complexity index is 983. The fourth-order valence-corrected chi connectivity index (χ4v) is 2.52. The van der Waals surface area contributed by atoms with Crippen molar-refractivity contribution in [1.82, 2.24) is 5.16 Å².